The van der Waals surface area contributed by atoms with Gasteiger partial charge in [-0.3, -0.25) is 4.99 Å². The SMILES string of the molecule is COc1cccc(C=NCCC(O)C(=O)O)c1O. The molecule has 98 valence electrons. The largest absolute Gasteiger partial charge is 0.504 e. The fourth-order valence-corrected chi connectivity index (χ4v) is 1.29. The zero-order valence-corrected chi connectivity index (χ0v) is 9.91. The number of phenols is 1. The molecule has 0 aromatic heterocycles. The summed E-state index contributed by atoms with van der Waals surface area (Å²) in [6, 6.07) is 4.96. The second-order valence-electron chi connectivity index (χ2n) is 3.58. The van der Waals surface area contributed by atoms with Gasteiger partial charge in [-0.1, -0.05) is 6.07 Å². The Morgan fingerprint density at radius 1 is 1.56 bits per heavy atom. The first-order chi connectivity index (χ1) is 8.56. The Bertz CT molecular complexity index is 444. The monoisotopic (exact) mass is 253 g/mol. The van der Waals surface area contributed by atoms with Crippen LogP contribution in [0.2, 0.25) is 0 Å². The van der Waals surface area contributed by atoms with Gasteiger partial charge in [0.1, 0.15) is 0 Å². The smallest absolute Gasteiger partial charge is 0.332 e. The van der Waals surface area contributed by atoms with Crippen LogP contribution in [0.4, 0.5) is 0 Å². The molecule has 0 aliphatic carbocycles. The van der Waals surface area contributed by atoms with Crippen molar-refractivity contribution in [2.24, 2.45) is 4.99 Å². The minimum absolute atomic E-state index is 0.0244. The molecule has 0 fully saturated rings. The van der Waals surface area contributed by atoms with Crippen molar-refractivity contribution in [3.8, 4) is 11.5 Å². The number of nitrogens with zero attached hydrogens (tertiary/aromatic N) is 1. The third-order valence-electron chi connectivity index (χ3n) is 2.30. The van der Waals surface area contributed by atoms with Crippen molar-refractivity contribution in [2.75, 3.05) is 13.7 Å². The van der Waals surface area contributed by atoms with Crippen LogP contribution in [0.5, 0.6) is 11.5 Å². The van der Waals surface area contributed by atoms with E-state index in [4.69, 9.17) is 14.9 Å². The number of phenolic OH excluding ortho intramolecular Hbond substituents is 1. The highest BCUT2D eigenvalue weighted by Crippen LogP contribution is 2.27. The minimum Gasteiger partial charge on any atom is -0.504 e. The lowest BCUT2D eigenvalue weighted by molar-refractivity contribution is -0.146. The van der Waals surface area contributed by atoms with Crippen LogP contribution in [0, 0.1) is 0 Å². The first-order valence-electron chi connectivity index (χ1n) is 5.33. The molecule has 0 saturated carbocycles. The lowest BCUT2D eigenvalue weighted by Gasteiger charge is -2.05. The van der Waals surface area contributed by atoms with Gasteiger partial charge >= 0.3 is 5.97 Å². The van der Waals surface area contributed by atoms with Crippen LogP contribution < -0.4 is 4.74 Å². The van der Waals surface area contributed by atoms with Gasteiger partial charge in [-0.2, -0.15) is 0 Å². The maximum absolute atomic E-state index is 10.3. The van der Waals surface area contributed by atoms with Crippen molar-refractivity contribution < 1.29 is 24.9 Å². The van der Waals surface area contributed by atoms with Crippen LogP contribution in [-0.2, 0) is 4.79 Å². The highest BCUT2D eigenvalue weighted by atomic mass is 16.5. The Morgan fingerprint density at radius 3 is 2.89 bits per heavy atom. The summed E-state index contributed by atoms with van der Waals surface area (Å²) >= 11 is 0. The third-order valence-corrected chi connectivity index (χ3v) is 2.30. The molecule has 1 unspecified atom stereocenters. The number of para-hydroxylation sites is 1. The molecule has 6 nitrogen and oxygen atoms in total. The van der Waals surface area contributed by atoms with E-state index in [1.54, 1.807) is 18.2 Å². The molecule has 0 radical (unpaired) electrons. The van der Waals surface area contributed by atoms with Crippen molar-refractivity contribution in [3.63, 3.8) is 0 Å². The molecule has 0 amide bonds. The van der Waals surface area contributed by atoms with Gasteiger partial charge in [-0.05, 0) is 12.1 Å². The van der Waals surface area contributed by atoms with Crippen molar-refractivity contribution in [1.29, 1.82) is 0 Å². The lowest BCUT2D eigenvalue weighted by atomic mass is 10.2. The van der Waals surface area contributed by atoms with E-state index in [1.165, 1.54) is 13.3 Å². The number of carboxylic acids is 1. The van der Waals surface area contributed by atoms with E-state index >= 15 is 0 Å². The number of aromatic hydroxyl groups is 1. The maximum atomic E-state index is 10.3. The molecule has 0 heterocycles. The molecule has 1 aromatic carbocycles. The summed E-state index contributed by atoms with van der Waals surface area (Å²) in [5.74, 6) is -0.957. The number of rotatable bonds is 6. The van der Waals surface area contributed by atoms with Crippen molar-refractivity contribution in [3.05, 3.63) is 23.8 Å². The number of carboxylic acid groups (broad SMARTS) is 1. The molecule has 3 N–H and O–H groups in total. The third kappa shape index (κ3) is 3.74. The van der Waals surface area contributed by atoms with Crippen molar-refractivity contribution in [1.82, 2.24) is 0 Å². The Balaban J connectivity index is 2.60. The number of aliphatic hydroxyl groups excluding tert-OH is 1. The van der Waals surface area contributed by atoms with Crippen molar-refractivity contribution >= 4 is 12.2 Å². The van der Waals surface area contributed by atoms with E-state index < -0.39 is 12.1 Å². The maximum Gasteiger partial charge on any atom is 0.332 e. The molecule has 0 spiro atoms. The number of hydrogen-bond acceptors (Lipinski definition) is 5. The molecular weight excluding hydrogens is 238 g/mol. The minimum atomic E-state index is -1.42. The second-order valence-corrected chi connectivity index (χ2v) is 3.58. The van der Waals surface area contributed by atoms with E-state index in [2.05, 4.69) is 4.99 Å². The summed E-state index contributed by atoms with van der Waals surface area (Å²) in [6.07, 6.45) is 0.0178. The van der Waals surface area contributed by atoms with Gasteiger partial charge in [0.25, 0.3) is 0 Å². The van der Waals surface area contributed by atoms with E-state index in [9.17, 15) is 9.90 Å². The van der Waals surface area contributed by atoms with Crippen LogP contribution in [0.3, 0.4) is 0 Å². The second kappa shape index (κ2) is 6.61. The first kappa shape index (κ1) is 14.0. The molecule has 0 bridgehead atoms. The Morgan fingerprint density at radius 2 is 2.28 bits per heavy atom. The van der Waals surface area contributed by atoms with Crippen LogP contribution in [0.1, 0.15) is 12.0 Å². The fraction of sp³-hybridized carbons (Fsp3) is 0.333. The first-order valence-corrected chi connectivity index (χ1v) is 5.33. The van der Waals surface area contributed by atoms with Gasteiger partial charge < -0.3 is 20.1 Å². The van der Waals surface area contributed by atoms with Crippen LogP contribution in [0.15, 0.2) is 23.2 Å². The average molecular weight is 253 g/mol. The number of methoxy groups -OCH3 is 1. The zero-order chi connectivity index (χ0) is 13.5. The normalized spacial score (nSPS) is 12.6. The predicted octanol–water partition coefficient (Wildman–Crippen LogP) is 0.655. The van der Waals surface area contributed by atoms with Gasteiger partial charge in [0.2, 0.25) is 0 Å². The number of carbonyl (C=O) groups is 1. The molecule has 1 aromatic rings. The number of benzene rings is 1. The Hall–Kier alpha value is -2.08. The number of aliphatic carboxylic acids is 1. The molecule has 6 heteroatoms. The lowest BCUT2D eigenvalue weighted by Crippen LogP contribution is -2.20. The van der Waals surface area contributed by atoms with E-state index in [0.717, 1.165) is 0 Å². The summed E-state index contributed by atoms with van der Waals surface area (Å²) in [5.41, 5.74) is 0.471. The molecule has 1 atom stereocenters. The summed E-state index contributed by atoms with van der Waals surface area (Å²) in [5, 5.41) is 27.2. The number of ether oxygens (including phenoxy) is 1. The number of aliphatic imine (C=N–C) groups is 1. The van der Waals surface area contributed by atoms with Gasteiger partial charge in [0.15, 0.2) is 17.6 Å². The average Bonchev–Trinajstić information content (AvgIpc) is 2.35. The Kier molecular flexibility index (Phi) is 5.13. The van der Waals surface area contributed by atoms with Crippen LogP contribution >= 0.6 is 0 Å². The highest BCUT2D eigenvalue weighted by molar-refractivity contribution is 5.84. The molecule has 0 aliphatic heterocycles. The van der Waals surface area contributed by atoms with Crippen LogP contribution in [0.25, 0.3) is 0 Å². The number of hydrogen-bond donors (Lipinski definition) is 3. The predicted molar refractivity (Wildman–Crippen MR) is 65.4 cm³/mol. The summed E-state index contributed by atoms with van der Waals surface area (Å²) in [6.45, 7) is 0.157. The number of aliphatic hydroxyl groups is 1. The van der Waals surface area contributed by atoms with Crippen LogP contribution in [-0.4, -0.2) is 47.3 Å². The molecule has 0 saturated heterocycles. The van der Waals surface area contributed by atoms with E-state index in [0.29, 0.717) is 11.3 Å². The van der Waals surface area contributed by atoms with Gasteiger partial charge in [-0.25, -0.2) is 4.79 Å². The zero-order valence-electron chi connectivity index (χ0n) is 9.91. The van der Waals surface area contributed by atoms with Gasteiger partial charge in [0, 0.05) is 24.7 Å². The highest BCUT2D eigenvalue weighted by Gasteiger charge is 2.11. The van der Waals surface area contributed by atoms with Gasteiger partial charge in [0.05, 0.1) is 7.11 Å². The van der Waals surface area contributed by atoms with Gasteiger partial charge in [-0.15, -0.1) is 0 Å². The van der Waals surface area contributed by atoms with E-state index in [-0.39, 0.29) is 18.7 Å². The summed E-state index contributed by atoms with van der Waals surface area (Å²) in [4.78, 5) is 14.3. The molecule has 1 rings (SSSR count). The topological polar surface area (TPSA) is 99.4 Å². The Labute approximate surface area is 104 Å². The summed E-state index contributed by atoms with van der Waals surface area (Å²) < 4.78 is 4.93. The quantitative estimate of drug-likeness (QED) is 0.646. The molecular formula is C12H15NO5. The molecule has 0 aliphatic rings. The van der Waals surface area contributed by atoms with Crippen molar-refractivity contribution in [2.45, 2.75) is 12.5 Å². The molecule has 18 heavy (non-hydrogen) atoms. The summed E-state index contributed by atoms with van der Waals surface area (Å²) in [7, 11) is 1.44. The fourth-order valence-electron chi connectivity index (χ4n) is 1.29. The standard InChI is InChI=1S/C12H15NO5/c1-18-10-4-2-3-8(11(10)15)7-13-6-5-9(14)12(16)17/h2-4,7,9,14-15H,5-6H2,1H3,(H,16,17). The van der Waals surface area contributed by atoms with E-state index in [1.807, 2.05) is 0 Å².